The Balaban J connectivity index is 2.00. The van der Waals surface area contributed by atoms with Gasteiger partial charge in [0.1, 0.15) is 0 Å². The number of aromatic nitrogens is 1. The standard InChI is InChI=1S/C23H24ClN/c1-23(2,3)16-9-11-20-18(13-16)22(15-7-5-4-6-8-15)19-14-17(24)10-12-21(19)25-20/h4-8,10,12,14,16H,9,11,13H2,1-3H3. The highest BCUT2D eigenvalue weighted by molar-refractivity contribution is 6.31. The second-order valence-electron chi connectivity index (χ2n) is 8.25. The molecule has 3 aromatic rings. The van der Waals surface area contributed by atoms with Crippen LogP contribution in [0.1, 0.15) is 38.4 Å². The monoisotopic (exact) mass is 349 g/mol. The van der Waals surface area contributed by atoms with Crippen LogP contribution in [0.4, 0.5) is 0 Å². The second-order valence-corrected chi connectivity index (χ2v) is 8.68. The number of benzene rings is 2. The fourth-order valence-electron chi connectivity index (χ4n) is 4.09. The minimum Gasteiger partial charge on any atom is -0.253 e. The van der Waals surface area contributed by atoms with Gasteiger partial charge in [-0.05, 0) is 65.5 Å². The third-order valence-electron chi connectivity index (χ3n) is 5.60. The summed E-state index contributed by atoms with van der Waals surface area (Å²) >= 11 is 6.33. The van der Waals surface area contributed by atoms with E-state index in [0.29, 0.717) is 11.3 Å². The molecule has 1 aliphatic carbocycles. The van der Waals surface area contributed by atoms with Crippen LogP contribution in [-0.4, -0.2) is 4.98 Å². The number of fused-ring (bicyclic) bond motifs is 2. The summed E-state index contributed by atoms with van der Waals surface area (Å²) in [6.07, 6.45) is 3.38. The fourth-order valence-corrected chi connectivity index (χ4v) is 4.26. The number of hydrogen-bond donors (Lipinski definition) is 0. The molecule has 0 N–H and O–H groups in total. The molecule has 1 aliphatic rings. The van der Waals surface area contributed by atoms with Crippen LogP contribution >= 0.6 is 11.6 Å². The Morgan fingerprint density at radius 3 is 2.52 bits per heavy atom. The lowest BCUT2D eigenvalue weighted by molar-refractivity contribution is 0.215. The molecule has 4 rings (SSSR count). The number of halogens is 1. The van der Waals surface area contributed by atoms with Gasteiger partial charge in [-0.15, -0.1) is 0 Å². The molecule has 0 saturated heterocycles. The van der Waals surface area contributed by atoms with Crippen molar-refractivity contribution in [2.75, 3.05) is 0 Å². The quantitative estimate of drug-likeness (QED) is 0.476. The molecule has 1 aromatic heterocycles. The van der Waals surface area contributed by atoms with Crippen molar-refractivity contribution >= 4 is 22.5 Å². The highest BCUT2D eigenvalue weighted by Gasteiger charge is 2.31. The molecule has 2 aromatic carbocycles. The van der Waals surface area contributed by atoms with Gasteiger partial charge in [0.05, 0.1) is 5.52 Å². The zero-order valence-corrected chi connectivity index (χ0v) is 15.9. The molecular weight excluding hydrogens is 326 g/mol. The molecule has 0 spiro atoms. The van der Waals surface area contributed by atoms with Crippen LogP contribution in [0.3, 0.4) is 0 Å². The molecule has 0 bridgehead atoms. The number of rotatable bonds is 1. The summed E-state index contributed by atoms with van der Waals surface area (Å²) < 4.78 is 0. The second kappa shape index (κ2) is 6.14. The predicted octanol–water partition coefficient (Wildman–Crippen LogP) is 6.71. The van der Waals surface area contributed by atoms with Crippen LogP contribution in [0.2, 0.25) is 5.02 Å². The molecule has 25 heavy (non-hydrogen) atoms. The molecule has 0 amide bonds. The van der Waals surface area contributed by atoms with E-state index in [0.717, 1.165) is 23.4 Å². The van der Waals surface area contributed by atoms with Gasteiger partial charge in [0.2, 0.25) is 0 Å². The molecule has 0 radical (unpaired) electrons. The lowest BCUT2D eigenvalue weighted by Gasteiger charge is -2.35. The summed E-state index contributed by atoms with van der Waals surface area (Å²) in [5.41, 5.74) is 6.66. The first kappa shape index (κ1) is 16.6. The summed E-state index contributed by atoms with van der Waals surface area (Å²) in [4.78, 5) is 5.00. The van der Waals surface area contributed by atoms with Crippen molar-refractivity contribution in [1.29, 1.82) is 0 Å². The molecule has 1 heterocycles. The molecular formula is C23H24ClN. The SMILES string of the molecule is CC(C)(C)C1CCc2nc3ccc(Cl)cc3c(-c3ccccc3)c2C1. The molecule has 0 aliphatic heterocycles. The van der Waals surface area contributed by atoms with E-state index < -0.39 is 0 Å². The van der Waals surface area contributed by atoms with E-state index in [1.54, 1.807) is 0 Å². The summed E-state index contributed by atoms with van der Waals surface area (Å²) in [6.45, 7) is 7.07. The van der Waals surface area contributed by atoms with E-state index in [9.17, 15) is 0 Å². The van der Waals surface area contributed by atoms with E-state index in [4.69, 9.17) is 16.6 Å². The Kier molecular flexibility index (Phi) is 4.08. The van der Waals surface area contributed by atoms with Crippen LogP contribution in [0.15, 0.2) is 48.5 Å². The number of pyridine rings is 1. The van der Waals surface area contributed by atoms with Gasteiger partial charge in [-0.3, -0.25) is 4.98 Å². The summed E-state index contributed by atoms with van der Waals surface area (Å²) in [5.74, 6) is 0.681. The average Bonchev–Trinajstić information content (AvgIpc) is 2.59. The van der Waals surface area contributed by atoms with Gasteiger partial charge in [-0.2, -0.15) is 0 Å². The van der Waals surface area contributed by atoms with Crippen LogP contribution in [-0.2, 0) is 12.8 Å². The van der Waals surface area contributed by atoms with Crippen LogP contribution in [0.25, 0.3) is 22.0 Å². The normalized spacial score (nSPS) is 17.5. The summed E-state index contributed by atoms with van der Waals surface area (Å²) in [5, 5.41) is 1.95. The lowest BCUT2D eigenvalue weighted by atomic mass is 9.70. The first-order valence-electron chi connectivity index (χ1n) is 9.10. The van der Waals surface area contributed by atoms with Crippen LogP contribution in [0, 0.1) is 11.3 Å². The minimum absolute atomic E-state index is 0.314. The average molecular weight is 350 g/mol. The minimum atomic E-state index is 0.314. The summed E-state index contributed by atoms with van der Waals surface area (Å²) in [6, 6.07) is 16.8. The first-order chi connectivity index (χ1) is 11.9. The Morgan fingerprint density at radius 2 is 1.80 bits per heavy atom. The first-order valence-corrected chi connectivity index (χ1v) is 9.48. The molecule has 1 atom stereocenters. The number of hydrogen-bond acceptors (Lipinski definition) is 1. The largest absolute Gasteiger partial charge is 0.253 e. The van der Waals surface area contributed by atoms with Crippen molar-refractivity contribution in [3.8, 4) is 11.1 Å². The van der Waals surface area contributed by atoms with Gasteiger partial charge in [-0.25, -0.2) is 0 Å². The van der Waals surface area contributed by atoms with Gasteiger partial charge in [-0.1, -0.05) is 62.7 Å². The smallest absolute Gasteiger partial charge is 0.0712 e. The Bertz CT molecular complexity index is 922. The van der Waals surface area contributed by atoms with Crippen molar-refractivity contribution in [1.82, 2.24) is 4.98 Å². The van der Waals surface area contributed by atoms with Gasteiger partial charge >= 0.3 is 0 Å². The zero-order valence-electron chi connectivity index (χ0n) is 15.1. The number of nitrogens with zero attached hydrogens (tertiary/aromatic N) is 1. The van der Waals surface area contributed by atoms with E-state index in [2.05, 4.69) is 63.2 Å². The Hall–Kier alpha value is -1.86. The van der Waals surface area contributed by atoms with Crippen molar-refractivity contribution in [3.63, 3.8) is 0 Å². The maximum Gasteiger partial charge on any atom is 0.0712 e. The van der Waals surface area contributed by atoms with Gasteiger partial charge in [0.15, 0.2) is 0 Å². The lowest BCUT2D eigenvalue weighted by Crippen LogP contribution is -2.27. The molecule has 2 heteroatoms. The maximum absolute atomic E-state index is 6.33. The van der Waals surface area contributed by atoms with Crippen molar-refractivity contribution in [2.45, 2.75) is 40.0 Å². The van der Waals surface area contributed by atoms with E-state index in [1.165, 1.54) is 34.2 Å². The Morgan fingerprint density at radius 1 is 1.04 bits per heavy atom. The van der Waals surface area contributed by atoms with E-state index in [-0.39, 0.29) is 0 Å². The maximum atomic E-state index is 6.33. The van der Waals surface area contributed by atoms with Crippen molar-refractivity contribution in [3.05, 3.63) is 64.8 Å². The molecule has 128 valence electrons. The van der Waals surface area contributed by atoms with Gasteiger partial charge in [0, 0.05) is 16.1 Å². The zero-order chi connectivity index (χ0) is 17.6. The summed E-state index contributed by atoms with van der Waals surface area (Å²) in [7, 11) is 0. The molecule has 0 fully saturated rings. The predicted molar refractivity (Wildman–Crippen MR) is 107 cm³/mol. The third-order valence-corrected chi connectivity index (χ3v) is 5.84. The van der Waals surface area contributed by atoms with Crippen molar-refractivity contribution in [2.24, 2.45) is 11.3 Å². The third kappa shape index (κ3) is 3.06. The van der Waals surface area contributed by atoms with Crippen molar-refractivity contribution < 1.29 is 0 Å². The highest BCUT2D eigenvalue weighted by Crippen LogP contribution is 2.42. The van der Waals surface area contributed by atoms with E-state index >= 15 is 0 Å². The Labute approximate surface area is 155 Å². The topological polar surface area (TPSA) is 12.9 Å². The van der Waals surface area contributed by atoms with Gasteiger partial charge in [0.25, 0.3) is 0 Å². The van der Waals surface area contributed by atoms with E-state index in [1.807, 2.05) is 6.07 Å². The molecule has 1 unspecified atom stereocenters. The molecule has 0 saturated carbocycles. The van der Waals surface area contributed by atoms with Gasteiger partial charge < -0.3 is 0 Å². The highest BCUT2D eigenvalue weighted by atomic mass is 35.5. The van der Waals surface area contributed by atoms with Crippen LogP contribution < -0.4 is 0 Å². The van der Waals surface area contributed by atoms with Crippen LogP contribution in [0.5, 0.6) is 0 Å². The number of aryl methyl sites for hydroxylation is 1. The fraction of sp³-hybridized carbons (Fsp3) is 0.348. The molecule has 1 nitrogen and oxygen atoms in total.